The van der Waals surface area contributed by atoms with Gasteiger partial charge in [0.1, 0.15) is 6.10 Å². The first-order valence-corrected chi connectivity index (χ1v) is 8.37. The number of carbonyl (C=O) groups excluding carboxylic acids is 1. The molecule has 1 fully saturated rings. The highest BCUT2D eigenvalue weighted by Gasteiger charge is 2.57. The van der Waals surface area contributed by atoms with Crippen LogP contribution in [0.5, 0.6) is 0 Å². The molecule has 0 unspecified atom stereocenters. The second kappa shape index (κ2) is 9.20. The predicted octanol–water partition coefficient (Wildman–Crippen LogP) is 0.980. The third-order valence-corrected chi connectivity index (χ3v) is 4.37. The van der Waals surface area contributed by atoms with Crippen LogP contribution in [0, 0.1) is 0 Å². The molecule has 0 radical (unpaired) electrons. The minimum absolute atomic E-state index is 0.140. The smallest absolute Gasteiger partial charge is 0.339 e. The quantitative estimate of drug-likeness (QED) is 0.328. The van der Waals surface area contributed by atoms with Crippen molar-refractivity contribution in [3.05, 3.63) is 0 Å². The molecule has 0 spiro atoms. The van der Waals surface area contributed by atoms with Crippen molar-refractivity contribution in [1.29, 1.82) is 0 Å². The molecule has 134 valence electrons. The summed E-state index contributed by atoms with van der Waals surface area (Å²) in [5, 5.41) is 38.7. The minimum atomic E-state index is -2.38. The van der Waals surface area contributed by atoms with Gasteiger partial charge in [0.15, 0.2) is 12.2 Å². The lowest BCUT2D eigenvalue weighted by Gasteiger charge is -2.30. The number of rotatable bonds is 11. The fourth-order valence-electron chi connectivity index (χ4n) is 2.85. The van der Waals surface area contributed by atoms with Crippen molar-refractivity contribution in [2.75, 3.05) is 0 Å². The maximum absolute atomic E-state index is 11.4. The molecule has 0 aromatic carbocycles. The number of carboxylic acids is 1. The van der Waals surface area contributed by atoms with E-state index in [1.807, 2.05) is 0 Å². The molecule has 0 amide bonds. The summed E-state index contributed by atoms with van der Waals surface area (Å²) in [4.78, 5) is 22.6. The van der Waals surface area contributed by atoms with E-state index in [1.54, 1.807) is 0 Å². The number of hydrogen-bond donors (Lipinski definition) is 4. The first-order chi connectivity index (χ1) is 10.8. The lowest BCUT2D eigenvalue weighted by molar-refractivity contribution is -0.184. The number of aliphatic carboxylic acids is 1. The van der Waals surface area contributed by atoms with Crippen LogP contribution in [-0.2, 0) is 14.3 Å². The van der Waals surface area contributed by atoms with Gasteiger partial charge in [0, 0.05) is 0 Å². The Kier molecular flexibility index (Phi) is 7.94. The molecule has 0 saturated carbocycles. The summed E-state index contributed by atoms with van der Waals surface area (Å²) >= 11 is 0. The lowest BCUT2D eigenvalue weighted by atomic mass is 9.86. The van der Waals surface area contributed by atoms with E-state index in [1.165, 1.54) is 19.3 Å². The maximum atomic E-state index is 11.4. The molecule has 4 atom stereocenters. The van der Waals surface area contributed by atoms with Crippen molar-refractivity contribution < 1.29 is 34.8 Å². The molecule has 1 aliphatic rings. The number of ether oxygens (including phenoxy) is 1. The summed E-state index contributed by atoms with van der Waals surface area (Å²) < 4.78 is 4.67. The van der Waals surface area contributed by atoms with Crippen molar-refractivity contribution in [2.24, 2.45) is 0 Å². The van der Waals surface area contributed by atoms with Gasteiger partial charge < -0.3 is 25.2 Å². The van der Waals surface area contributed by atoms with Crippen molar-refractivity contribution >= 4 is 11.9 Å². The molecule has 7 nitrogen and oxygen atoms in total. The predicted molar refractivity (Wildman–Crippen MR) is 81.7 cm³/mol. The Balaban J connectivity index is 2.43. The van der Waals surface area contributed by atoms with Gasteiger partial charge in [0.25, 0.3) is 0 Å². The van der Waals surface area contributed by atoms with Crippen molar-refractivity contribution in [3.8, 4) is 0 Å². The molecule has 0 bridgehead atoms. The molecule has 7 heteroatoms. The number of hydrogen-bond acceptors (Lipinski definition) is 6. The van der Waals surface area contributed by atoms with Gasteiger partial charge in [-0.05, 0) is 12.8 Å². The molecule has 0 aromatic rings. The van der Waals surface area contributed by atoms with Gasteiger partial charge >= 0.3 is 11.9 Å². The van der Waals surface area contributed by atoms with Crippen LogP contribution in [0.2, 0.25) is 0 Å². The van der Waals surface area contributed by atoms with E-state index < -0.39 is 35.9 Å². The number of cyclic esters (lactones) is 1. The highest BCUT2D eigenvalue weighted by molar-refractivity contribution is 5.83. The first kappa shape index (κ1) is 19.9. The topological polar surface area (TPSA) is 124 Å². The van der Waals surface area contributed by atoms with Gasteiger partial charge in [0.05, 0.1) is 0 Å². The zero-order valence-electron chi connectivity index (χ0n) is 13.6. The van der Waals surface area contributed by atoms with Gasteiger partial charge in [-0.2, -0.15) is 0 Å². The minimum Gasteiger partial charge on any atom is -0.479 e. The van der Waals surface area contributed by atoms with Gasteiger partial charge in [-0.15, -0.1) is 0 Å². The lowest BCUT2D eigenvalue weighted by Crippen LogP contribution is -2.54. The number of esters is 1. The fourth-order valence-corrected chi connectivity index (χ4v) is 2.85. The largest absolute Gasteiger partial charge is 0.479 e. The molecule has 1 saturated heterocycles. The van der Waals surface area contributed by atoms with Crippen LogP contribution in [0.25, 0.3) is 0 Å². The van der Waals surface area contributed by atoms with Crippen LogP contribution in [0.15, 0.2) is 0 Å². The number of carbonyl (C=O) groups is 2. The van der Waals surface area contributed by atoms with E-state index in [0.717, 1.165) is 25.7 Å². The molecule has 0 aliphatic carbocycles. The zero-order chi connectivity index (χ0) is 17.5. The monoisotopic (exact) mass is 332 g/mol. The van der Waals surface area contributed by atoms with Gasteiger partial charge in [-0.1, -0.05) is 51.9 Å². The van der Waals surface area contributed by atoms with Crippen LogP contribution >= 0.6 is 0 Å². The Labute approximate surface area is 136 Å². The Morgan fingerprint density at radius 1 is 1.09 bits per heavy atom. The second-order valence-corrected chi connectivity index (χ2v) is 6.25. The van der Waals surface area contributed by atoms with Gasteiger partial charge in [-0.25, -0.2) is 9.59 Å². The van der Waals surface area contributed by atoms with Crippen molar-refractivity contribution in [1.82, 2.24) is 0 Å². The zero-order valence-corrected chi connectivity index (χ0v) is 13.6. The Morgan fingerprint density at radius 3 is 2.04 bits per heavy atom. The summed E-state index contributed by atoms with van der Waals surface area (Å²) in [7, 11) is 0. The van der Waals surface area contributed by atoms with E-state index in [9.17, 15) is 30.0 Å². The van der Waals surface area contributed by atoms with Gasteiger partial charge in [-0.3, -0.25) is 0 Å². The second-order valence-electron chi connectivity index (χ2n) is 6.25. The van der Waals surface area contributed by atoms with Crippen molar-refractivity contribution in [3.63, 3.8) is 0 Å². The van der Waals surface area contributed by atoms with E-state index in [4.69, 9.17) is 0 Å². The van der Waals surface area contributed by atoms with Crippen LogP contribution in [0.4, 0.5) is 0 Å². The Hall–Kier alpha value is -1.18. The van der Waals surface area contributed by atoms with E-state index in [0.29, 0.717) is 6.42 Å². The average molecular weight is 332 g/mol. The van der Waals surface area contributed by atoms with E-state index in [-0.39, 0.29) is 6.42 Å². The normalized spacial score (nSPS) is 26.8. The van der Waals surface area contributed by atoms with E-state index >= 15 is 0 Å². The maximum Gasteiger partial charge on any atom is 0.339 e. The summed E-state index contributed by atoms with van der Waals surface area (Å²) in [6.45, 7) is 2.15. The molecule has 0 aromatic heterocycles. The highest BCUT2D eigenvalue weighted by Crippen LogP contribution is 2.30. The summed E-state index contributed by atoms with van der Waals surface area (Å²) in [5.41, 5.74) is -2.38. The molecule has 1 rings (SSSR count). The van der Waals surface area contributed by atoms with Crippen LogP contribution in [0.3, 0.4) is 0 Å². The van der Waals surface area contributed by atoms with Gasteiger partial charge in [0.2, 0.25) is 5.60 Å². The third-order valence-electron chi connectivity index (χ3n) is 4.37. The summed E-state index contributed by atoms with van der Waals surface area (Å²) in [6.07, 6.45) is 2.58. The van der Waals surface area contributed by atoms with E-state index in [2.05, 4.69) is 11.7 Å². The SMILES string of the molecule is CCCCCCCCCC[C@](O)(C(=O)O)[C@H]1OC(=O)[C@@H](O)[C@H]1O. The van der Waals surface area contributed by atoms with Crippen LogP contribution in [0.1, 0.15) is 64.7 Å². The molecular weight excluding hydrogens is 304 g/mol. The Bertz CT molecular complexity index is 398. The average Bonchev–Trinajstić information content (AvgIpc) is 2.77. The molecule has 1 aliphatic heterocycles. The Morgan fingerprint density at radius 2 is 1.61 bits per heavy atom. The molecular formula is C16H28O7. The standard InChI is InChI=1S/C16H28O7/c1-2-3-4-5-6-7-8-9-10-16(22,15(20)21)13-11(17)12(18)14(19)23-13/h11-13,17-18,22H,2-10H2,1H3,(H,20,21)/t11-,12+,13+,16-/m1/s1. The summed E-state index contributed by atoms with van der Waals surface area (Å²) in [5.74, 6) is -2.68. The first-order valence-electron chi connectivity index (χ1n) is 8.37. The molecule has 23 heavy (non-hydrogen) atoms. The van der Waals surface area contributed by atoms with Crippen LogP contribution in [-0.4, -0.2) is 56.3 Å². The molecule has 1 heterocycles. The number of aliphatic hydroxyl groups is 3. The summed E-state index contributed by atoms with van der Waals surface area (Å²) in [6, 6.07) is 0. The number of aliphatic hydroxyl groups excluding tert-OH is 2. The number of unbranched alkanes of at least 4 members (excludes halogenated alkanes) is 7. The molecule has 4 N–H and O–H groups in total. The number of carboxylic acid groups (broad SMARTS) is 1. The van der Waals surface area contributed by atoms with Crippen LogP contribution < -0.4 is 0 Å². The fraction of sp³-hybridized carbons (Fsp3) is 0.875. The van der Waals surface area contributed by atoms with Crippen molar-refractivity contribution in [2.45, 2.75) is 88.6 Å². The highest BCUT2D eigenvalue weighted by atomic mass is 16.6. The third kappa shape index (κ3) is 5.16.